The van der Waals surface area contributed by atoms with Gasteiger partial charge in [-0.15, -0.1) is 0 Å². The number of amides is 1. The Morgan fingerprint density at radius 1 is 1.16 bits per heavy atom. The first kappa shape index (κ1) is 20.3. The van der Waals surface area contributed by atoms with Gasteiger partial charge >= 0.3 is 5.97 Å². The highest BCUT2D eigenvalue weighted by Crippen LogP contribution is 2.27. The molecule has 1 N–H and O–H groups in total. The Bertz CT molecular complexity index is 1260. The van der Waals surface area contributed by atoms with Crippen LogP contribution in [0.25, 0.3) is 22.5 Å². The molecule has 1 aromatic carbocycles. The molecule has 0 spiro atoms. The van der Waals surface area contributed by atoms with Crippen LogP contribution in [0.4, 0.5) is 5.69 Å². The van der Waals surface area contributed by atoms with Gasteiger partial charge in [0.15, 0.2) is 11.4 Å². The van der Waals surface area contributed by atoms with Crippen LogP contribution in [0, 0.1) is 6.92 Å². The van der Waals surface area contributed by atoms with Crippen molar-refractivity contribution in [3.8, 4) is 11.5 Å². The van der Waals surface area contributed by atoms with Crippen molar-refractivity contribution in [3.05, 3.63) is 65.5 Å². The first-order chi connectivity index (χ1) is 14.8. The Hall–Kier alpha value is -3.94. The number of hydrogen-bond donors (Lipinski definition) is 1. The number of anilines is 1. The summed E-state index contributed by atoms with van der Waals surface area (Å²) in [6.07, 6.45) is 1.36. The highest BCUT2D eigenvalue weighted by atomic mass is 16.5. The number of benzene rings is 1. The van der Waals surface area contributed by atoms with E-state index in [1.54, 1.807) is 74.3 Å². The summed E-state index contributed by atoms with van der Waals surface area (Å²) in [5.41, 5.74) is 3.23. The topological polar surface area (TPSA) is 99.3 Å². The summed E-state index contributed by atoms with van der Waals surface area (Å²) in [5.74, 6) is -0.158. The molecular formula is C23H22N4O4. The number of aryl methyl sites for hydroxylation is 2. The monoisotopic (exact) mass is 418 g/mol. The van der Waals surface area contributed by atoms with Crippen molar-refractivity contribution in [1.82, 2.24) is 14.8 Å². The molecule has 0 aliphatic heterocycles. The van der Waals surface area contributed by atoms with E-state index in [0.717, 1.165) is 0 Å². The van der Waals surface area contributed by atoms with Gasteiger partial charge in [0.1, 0.15) is 5.69 Å². The standard InChI is InChI=1S/C23H22N4O4/c1-13(2)31-23(29)15-7-9-16(10-8-15)24-22(28)17-12-18(19-6-5-11-30-19)25-21-20(17)14(3)26-27(21)4/h5-13H,1-4H3,(H,24,28). The fraction of sp³-hybridized carbons (Fsp3) is 0.217. The summed E-state index contributed by atoms with van der Waals surface area (Å²) in [6.45, 7) is 5.42. The average molecular weight is 418 g/mol. The zero-order valence-corrected chi connectivity index (χ0v) is 17.7. The molecule has 0 aliphatic rings. The van der Waals surface area contributed by atoms with Crippen LogP contribution in [-0.2, 0) is 11.8 Å². The number of esters is 1. The number of pyridine rings is 1. The van der Waals surface area contributed by atoms with E-state index in [1.807, 2.05) is 6.92 Å². The molecule has 4 aromatic rings. The summed E-state index contributed by atoms with van der Waals surface area (Å²) in [7, 11) is 1.78. The minimum atomic E-state index is -0.405. The molecule has 0 saturated heterocycles. The number of nitrogens with zero attached hydrogens (tertiary/aromatic N) is 3. The minimum absolute atomic E-state index is 0.202. The number of hydrogen-bond acceptors (Lipinski definition) is 6. The van der Waals surface area contributed by atoms with E-state index in [9.17, 15) is 9.59 Å². The molecule has 158 valence electrons. The molecule has 0 radical (unpaired) electrons. The Morgan fingerprint density at radius 2 is 1.90 bits per heavy atom. The molecule has 0 aliphatic carbocycles. The van der Waals surface area contributed by atoms with E-state index in [1.165, 1.54) is 0 Å². The minimum Gasteiger partial charge on any atom is -0.463 e. The van der Waals surface area contributed by atoms with Crippen molar-refractivity contribution in [2.75, 3.05) is 5.32 Å². The van der Waals surface area contributed by atoms with Crippen molar-refractivity contribution in [1.29, 1.82) is 0 Å². The quantitative estimate of drug-likeness (QED) is 0.484. The van der Waals surface area contributed by atoms with E-state index < -0.39 is 5.97 Å². The van der Waals surface area contributed by atoms with Crippen LogP contribution in [0.3, 0.4) is 0 Å². The summed E-state index contributed by atoms with van der Waals surface area (Å²) < 4.78 is 12.3. The molecule has 3 aromatic heterocycles. The third kappa shape index (κ3) is 4.05. The third-order valence-corrected chi connectivity index (χ3v) is 4.71. The molecule has 3 heterocycles. The number of ether oxygens (including phenoxy) is 1. The molecule has 31 heavy (non-hydrogen) atoms. The van der Waals surface area contributed by atoms with Gasteiger partial charge in [0.25, 0.3) is 5.91 Å². The lowest BCUT2D eigenvalue weighted by Gasteiger charge is -2.10. The van der Waals surface area contributed by atoms with Crippen LogP contribution in [0.15, 0.2) is 53.1 Å². The Kier molecular flexibility index (Phi) is 5.29. The summed E-state index contributed by atoms with van der Waals surface area (Å²) in [4.78, 5) is 29.8. The normalized spacial score (nSPS) is 11.1. The van der Waals surface area contributed by atoms with Crippen molar-refractivity contribution in [2.24, 2.45) is 7.05 Å². The number of nitrogens with one attached hydrogen (secondary N) is 1. The molecule has 0 saturated carbocycles. The molecule has 0 atom stereocenters. The largest absolute Gasteiger partial charge is 0.463 e. The van der Waals surface area contributed by atoms with Gasteiger partial charge in [-0.3, -0.25) is 9.48 Å². The second kappa shape index (κ2) is 8.06. The van der Waals surface area contributed by atoms with Crippen LogP contribution in [0.5, 0.6) is 0 Å². The van der Waals surface area contributed by atoms with Crippen molar-refractivity contribution in [3.63, 3.8) is 0 Å². The van der Waals surface area contributed by atoms with Gasteiger partial charge in [-0.1, -0.05) is 0 Å². The number of furan rings is 1. The number of rotatable bonds is 5. The van der Waals surface area contributed by atoms with E-state index in [4.69, 9.17) is 9.15 Å². The number of fused-ring (bicyclic) bond motifs is 1. The predicted octanol–water partition coefficient (Wildman–Crippen LogP) is 4.35. The predicted molar refractivity (Wildman–Crippen MR) is 116 cm³/mol. The second-order valence-electron chi connectivity index (χ2n) is 7.43. The zero-order valence-electron chi connectivity index (χ0n) is 17.7. The maximum absolute atomic E-state index is 13.2. The van der Waals surface area contributed by atoms with Gasteiger partial charge in [0.2, 0.25) is 0 Å². The van der Waals surface area contributed by atoms with E-state index >= 15 is 0 Å². The SMILES string of the molecule is Cc1nn(C)c2nc(-c3ccco3)cc(C(=O)Nc3ccc(C(=O)OC(C)C)cc3)c12. The fourth-order valence-corrected chi connectivity index (χ4v) is 3.34. The molecule has 4 rings (SSSR count). The van der Waals surface area contributed by atoms with Crippen LogP contribution >= 0.6 is 0 Å². The molecular weight excluding hydrogens is 396 g/mol. The lowest BCUT2D eigenvalue weighted by Crippen LogP contribution is -2.14. The highest BCUT2D eigenvalue weighted by molar-refractivity contribution is 6.13. The van der Waals surface area contributed by atoms with Gasteiger partial charge in [0.05, 0.1) is 34.6 Å². The first-order valence-electron chi connectivity index (χ1n) is 9.84. The molecule has 8 nitrogen and oxygen atoms in total. The highest BCUT2D eigenvalue weighted by Gasteiger charge is 2.20. The van der Waals surface area contributed by atoms with Gasteiger partial charge in [-0.05, 0) is 63.2 Å². The maximum atomic E-state index is 13.2. The molecule has 8 heteroatoms. The molecule has 0 bridgehead atoms. The maximum Gasteiger partial charge on any atom is 0.338 e. The van der Waals surface area contributed by atoms with Crippen molar-refractivity contribution >= 4 is 28.6 Å². The van der Waals surface area contributed by atoms with Crippen LogP contribution in [0.2, 0.25) is 0 Å². The van der Waals surface area contributed by atoms with Crippen LogP contribution < -0.4 is 5.32 Å². The smallest absolute Gasteiger partial charge is 0.338 e. The summed E-state index contributed by atoms with van der Waals surface area (Å²) in [5, 5.41) is 7.96. The summed E-state index contributed by atoms with van der Waals surface area (Å²) >= 11 is 0. The van der Waals surface area contributed by atoms with Crippen molar-refractivity contribution < 1.29 is 18.7 Å². The molecule has 0 unspecified atom stereocenters. The number of carbonyl (C=O) groups excluding carboxylic acids is 2. The zero-order chi connectivity index (χ0) is 22.1. The molecule has 1 amide bonds. The summed E-state index contributed by atoms with van der Waals surface area (Å²) in [6, 6.07) is 11.8. The van der Waals surface area contributed by atoms with Gasteiger partial charge in [-0.25, -0.2) is 9.78 Å². The van der Waals surface area contributed by atoms with Crippen LogP contribution in [-0.4, -0.2) is 32.7 Å². The Labute approximate surface area is 178 Å². The van der Waals surface area contributed by atoms with Crippen molar-refractivity contribution in [2.45, 2.75) is 26.9 Å². The lowest BCUT2D eigenvalue weighted by atomic mass is 10.1. The molecule has 0 fully saturated rings. The first-order valence-corrected chi connectivity index (χ1v) is 9.84. The van der Waals surface area contributed by atoms with Gasteiger partial charge < -0.3 is 14.5 Å². The fourth-order valence-electron chi connectivity index (χ4n) is 3.34. The number of aromatic nitrogens is 3. The van der Waals surface area contributed by atoms with E-state index in [2.05, 4.69) is 15.4 Å². The van der Waals surface area contributed by atoms with Crippen LogP contribution in [0.1, 0.15) is 40.3 Å². The Morgan fingerprint density at radius 3 is 2.55 bits per heavy atom. The van der Waals surface area contributed by atoms with E-state index in [0.29, 0.717) is 45.0 Å². The Balaban J connectivity index is 1.67. The van der Waals surface area contributed by atoms with E-state index in [-0.39, 0.29) is 12.0 Å². The second-order valence-corrected chi connectivity index (χ2v) is 7.43. The average Bonchev–Trinajstić information content (AvgIpc) is 3.36. The lowest BCUT2D eigenvalue weighted by molar-refractivity contribution is 0.0378. The van der Waals surface area contributed by atoms with Gasteiger partial charge in [-0.2, -0.15) is 5.10 Å². The third-order valence-electron chi connectivity index (χ3n) is 4.71. The van der Waals surface area contributed by atoms with Gasteiger partial charge in [0, 0.05) is 12.7 Å². The number of carbonyl (C=O) groups is 2.